The molecule has 0 saturated heterocycles. The largest absolute Gasteiger partial charge is 0.479 e. The van der Waals surface area contributed by atoms with Crippen molar-refractivity contribution < 1.29 is 14.6 Å². The second-order valence-electron chi connectivity index (χ2n) is 2.51. The van der Waals surface area contributed by atoms with Crippen molar-refractivity contribution >= 4 is 17.6 Å². The quantitative estimate of drug-likeness (QED) is 0.813. The lowest BCUT2D eigenvalue weighted by molar-refractivity contribution is -0.148. The van der Waals surface area contributed by atoms with Crippen LogP contribution in [0.5, 0.6) is 0 Å². The smallest absolute Gasteiger partial charge is 0.337 e. The molecule has 0 bridgehead atoms. The van der Waals surface area contributed by atoms with Crippen molar-refractivity contribution in [1.82, 2.24) is 0 Å². The SMILES string of the molecule is CO[C@@H](C(=O)O)c1cccc(Cl)c1. The van der Waals surface area contributed by atoms with Crippen LogP contribution in [0.2, 0.25) is 5.02 Å². The summed E-state index contributed by atoms with van der Waals surface area (Å²) in [4.78, 5) is 10.7. The van der Waals surface area contributed by atoms with Crippen molar-refractivity contribution in [1.29, 1.82) is 0 Å². The van der Waals surface area contributed by atoms with Crippen molar-refractivity contribution in [3.63, 3.8) is 0 Å². The van der Waals surface area contributed by atoms with Gasteiger partial charge in [0.2, 0.25) is 0 Å². The fourth-order valence-electron chi connectivity index (χ4n) is 1.05. The second kappa shape index (κ2) is 4.25. The zero-order valence-corrected chi connectivity index (χ0v) is 7.78. The summed E-state index contributed by atoms with van der Waals surface area (Å²) in [7, 11) is 1.35. The Morgan fingerprint density at radius 2 is 2.31 bits per heavy atom. The third-order valence-corrected chi connectivity index (χ3v) is 1.85. The highest BCUT2D eigenvalue weighted by molar-refractivity contribution is 6.30. The number of aliphatic carboxylic acids is 1. The monoisotopic (exact) mass is 200 g/mol. The summed E-state index contributed by atoms with van der Waals surface area (Å²) in [6, 6.07) is 6.60. The van der Waals surface area contributed by atoms with E-state index in [0.29, 0.717) is 10.6 Å². The fourth-order valence-corrected chi connectivity index (χ4v) is 1.25. The number of hydrogen-bond acceptors (Lipinski definition) is 2. The fraction of sp³-hybridized carbons (Fsp3) is 0.222. The van der Waals surface area contributed by atoms with Crippen molar-refractivity contribution in [3.8, 4) is 0 Å². The molecule has 0 aliphatic carbocycles. The van der Waals surface area contributed by atoms with E-state index in [1.165, 1.54) is 7.11 Å². The van der Waals surface area contributed by atoms with Crippen LogP contribution in [0.15, 0.2) is 24.3 Å². The standard InChI is InChI=1S/C9H9ClO3/c1-13-8(9(11)12)6-3-2-4-7(10)5-6/h2-5,8H,1H3,(H,11,12)/t8-/m1/s1. The van der Waals surface area contributed by atoms with Crippen LogP contribution in [0.3, 0.4) is 0 Å². The molecular weight excluding hydrogens is 192 g/mol. The summed E-state index contributed by atoms with van der Waals surface area (Å²) in [5.74, 6) is -1.02. The Bertz CT molecular complexity index is 311. The zero-order chi connectivity index (χ0) is 9.84. The van der Waals surface area contributed by atoms with Crippen LogP contribution in [-0.4, -0.2) is 18.2 Å². The lowest BCUT2D eigenvalue weighted by Crippen LogP contribution is -2.13. The topological polar surface area (TPSA) is 46.5 Å². The summed E-state index contributed by atoms with van der Waals surface area (Å²) >= 11 is 5.70. The third kappa shape index (κ3) is 2.44. The molecule has 1 aromatic rings. The molecule has 13 heavy (non-hydrogen) atoms. The molecular formula is C9H9ClO3. The highest BCUT2D eigenvalue weighted by Gasteiger charge is 2.18. The van der Waals surface area contributed by atoms with Crippen LogP contribution in [0.25, 0.3) is 0 Å². The first-order valence-corrected chi connectivity index (χ1v) is 4.04. The Labute approximate surface area is 80.9 Å². The van der Waals surface area contributed by atoms with E-state index < -0.39 is 12.1 Å². The minimum absolute atomic E-state index is 0.501. The van der Waals surface area contributed by atoms with Crippen LogP contribution in [0.1, 0.15) is 11.7 Å². The predicted octanol–water partition coefficient (Wildman–Crippen LogP) is 2.11. The zero-order valence-electron chi connectivity index (χ0n) is 7.03. The van der Waals surface area contributed by atoms with E-state index >= 15 is 0 Å². The molecule has 0 heterocycles. The first-order valence-electron chi connectivity index (χ1n) is 3.66. The molecule has 3 nitrogen and oxygen atoms in total. The van der Waals surface area contributed by atoms with Gasteiger partial charge >= 0.3 is 5.97 Å². The molecule has 0 aromatic heterocycles. The molecule has 0 spiro atoms. The summed E-state index contributed by atoms with van der Waals surface area (Å²) in [6.45, 7) is 0. The van der Waals surface area contributed by atoms with Crippen molar-refractivity contribution in [2.75, 3.05) is 7.11 Å². The van der Waals surface area contributed by atoms with Crippen molar-refractivity contribution in [2.24, 2.45) is 0 Å². The van der Waals surface area contributed by atoms with Crippen LogP contribution >= 0.6 is 11.6 Å². The van der Waals surface area contributed by atoms with Gasteiger partial charge in [0.15, 0.2) is 6.10 Å². The van der Waals surface area contributed by atoms with Gasteiger partial charge in [-0.25, -0.2) is 4.79 Å². The van der Waals surface area contributed by atoms with Crippen LogP contribution in [-0.2, 0) is 9.53 Å². The van der Waals surface area contributed by atoms with Gasteiger partial charge in [-0.1, -0.05) is 23.7 Å². The van der Waals surface area contributed by atoms with Gasteiger partial charge in [-0.05, 0) is 17.7 Å². The van der Waals surface area contributed by atoms with Crippen LogP contribution < -0.4 is 0 Å². The molecule has 0 fully saturated rings. The van der Waals surface area contributed by atoms with E-state index in [1.54, 1.807) is 24.3 Å². The summed E-state index contributed by atoms with van der Waals surface area (Å²) in [5, 5.41) is 9.25. The maximum Gasteiger partial charge on any atom is 0.337 e. The molecule has 70 valence electrons. The van der Waals surface area contributed by atoms with E-state index in [4.69, 9.17) is 21.4 Å². The van der Waals surface area contributed by atoms with Gasteiger partial charge in [0.25, 0.3) is 0 Å². The minimum Gasteiger partial charge on any atom is -0.479 e. The lowest BCUT2D eigenvalue weighted by atomic mass is 10.1. The number of carboxylic acids is 1. The highest BCUT2D eigenvalue weighted by atomic mass is 35.5. The lowest BCUT2D eigenvalue weighted by Gasteiger charge is -2.10. The Morgan fingerprint density at radius 1 is 1.62 bits per heavy atom. The Hall–Kier alpha value is -1.06. The van der Waals surface area contributed by atoms with Crippen molar-refractivity contribution in [2.45, 2.75) is 6.10 Å². The van der Waals surface area contributed by atoms with E-state index in [2.05, 4.69) is 0 Å². The maximum atomic E-state index is 10.7. The summed E-state index contributed by atoms with van der Waals surface area (Å²) in [6.07, 6.45) is -0.946. The number of ether oxygens (including phenoxy) is 1. The molecule has 0 aliphatic heterocycles. The van der Waals surface area contributed by atoms with Gasteiger partial charge in [0, 0.05) is 12.1 Å². The molecule has 1 atom stereocenters. The Morgan fingerprint density at radius 3 is 2.77 bits per heavy atom. The van der Waals surface area contributed by atoms with Crippen LogP contribution in [0, 0.1) is 0 Å². The van der Waals surface area contributed by atoms with Gasteiger partial charge in [0.05, 0.1) is 0 Å². The van der Waals surface area contributed by atoms with Gasteiger partial charge in [-0.15, -0.1) is 0 Å². The molecule has 1 N–H and O–H groups in total. The number of carbonyl (C=O) groups is 1. The van der Waals surface area contributed by atoms with E-state index in [1.807, 2.05) is 0 Å². The maximum absolute atomic E-state index is 10.7. The number of rotatable bonds is 3. The van der Waals surface area contributed by atoms with Gasteiger partial charge in [-0.2, -0.15) is 0 Å². The van der Waals surface area contributed by atoms with E-state index in [-0.39, 0.29) is 0 Å². The molecule has 0 radical (unpaired) electrons. The number of carboxylic acid groups (broad SMARTS) is 1. The first kappa shape index (κ1) is 10.0. The van der Waals surface area contributed by atoms with Gasteiger partial charge < -0.3 is 9.84 Å². The Kier molecular flexibility index (Phi) is 3.28. The minimum atomic E-state index is -1.02. The molecule has 0 saturated carbocycles. The average Bonchev–Trinajstić information content (AvgIpc) is 2.04. The third-order valence-electron chi connectivity index (χ3n) is 1.61. The predicted molar refractivity (Wildman–Crippen MR) is 48.8 cm³/mol. The molecule has 1 aromatic carbocycles. The van der Waals surface area contributed by atoms with Gasteiger partial charge in [-0.3, -0.25) is 0 Å². The van der Waals surface area contributed by atoms with Crippen LogP contribution in [0.4, 0.5) is 0 Å². The average molecular weight is 201 g/mol. The van der Waals surface area contributed by atoms with Gasteiger partial charge in [0.1, 0.15) is 0 Å². The van der Waals surface area contributed by atoms with E-state index in [9.17, 15) is 4.79 Å². The highest BCUT2D eigenvalue weighted by Crippen LogP contribution is 2.20. The normalized spacial score (nSPS) is 12.5. The Balaban J connectivity index is 2.98. The second-order valence-corrected chi connectivity index (χ2v) is 2.95. The molecule has 0 unspecified atom stereocenters. The molecule has 0 aliphatic rings. The number of halogens is 1. The summed E-state index contributed by atoms with van der Waals surface area (Å²) < 4.78 is 4.79. The number of hydrogen-bond donors (Lipinski definition) is 1. The molecule has 4 heteroatoms. The van der Waals surface area contributed by atoms with E-state index in [0.717, 1.165) is 0 Å². The molecule has 1 rings (SSSR count). The number of benzene rings is 1. The molecule has 0 amide bonds. The first-order chi connectivity index (χ1) is 6.15. The summed E-state index contributed by atoms with van der Waals surface area (Å²) in [5.41, 5.74) is 0.544. The van der Waals surface area contributed by atoms with Crippen molar-refractivity contribution in [3.05, 3.63) is 34.9 Å². The number of methoxy groups -OCH3 is 1.